The van der Waals surface area contributed by atoms with E-state index < -0.39 is 0 Å². The summed E-state index contributed by atoms with van der Waals surface area (Å²) < 4.78 is 5.19. The van der Waals surface area contributed by atoms with Crippen LogP contribution in [0.15, 0.2) is 30.3 Å². The molecule has 0 atom stereocenters. The van der Waals surface area contributed by atoms with Crippen LogP contribution >= 0.6 is 0 Å². The van der Waals surface area contributed by atoms with Crippen LogP contribution in [0.2, 0.25) is 0 Å². The summed E-state index contributed by atoms with van der Waals surface area (Å²) in [6, 6.07) is 9.18. The third kappa shape index (κ3) is 4.45. The molecular weight excluding hydrogens is 202 g/mol. The molecule has 1 aromatic rings. The first-order valence-electron chi connectivity index (χ1n) is 5.74. The van der Waals surface area contributed by atoms with E-state index in [-0.39, 0.29) is 5.97 Å². The van der Waals surface area contributed by atoms with Crippen molar-refractivity contribution in [2.75, 3.05) is 19.6 Å². The average Bonchev–Trinajstić information content (AvgIpc) is 2.31. The summed E-state index contributed by atoms with van der Waals surface area (Å²) in [6.45, 7) is 6.88. The number of rotatable bonds is 6. The molecule has 0 aliphatic carbocycles. The van der Waals surface area contributed by atoms with Gasteiger partial charge in [-0.25, -0.2) is 0 Å². The number of ether oxygens (including phenoxy) is 1. The first-order chi connectivity index (χ1) is 7.76. The first-order valence-corrected chi connectivity index (χ1v) is 5.74. The molecule has 0 unspecified atom stereocenters. The van der Waals surface area contributed by atoms with E-state index in [9.17, 15) is 4.79 Å². The van der Waals surface area contributed by atoms with Crippen molar-refractivity contribution in [1.82, 2.24) is 4.90 Å². The molecule has 0 fully saturated rings. The standard InChI is InChI=1S/C13H19NO2/c1-3-14(4-2)11-10-13(15)16-12-8-6-5-7-9-12/h5-9H,3-4,10-11H2,1-2H3. The lowest BCUT2D eigenvalue weighted by atomic mass is 10.3. The van der Waals surface area contributed by atoms with E-state index in [4.69, 9.17) is 4.74 Å². The number of hydrogen-bond acceptors (Lipinski definition) is 3. The number of hydrogen-bond donors (Lipinski definition) is 0. The Morgan fingerprint density at radius 3 is 2.38 bits per heavy atom. The minimum absolute atomic E-state index is 0.168. The Balaban J connectivity index is 2.31. The molecular formula is C13H19NO2. The highest BCUT2D eigenvalue weighted by atomic mass is 16.5. The van der Waals surface area contributed by atoms with Gasteiger partial charge in [0.15, 0.2) is 0 Å². The van der Waals surface area contributed by atoms with Crippen LogP contribution in [-0.4, -0.2) is 30.5 Å². The zero-order chi connectivity index (χ0) is 11.8. The van der Waals surface area contributed by atoms with Crippen molar-refractivity contribution < 1.29 is 9.53 Å². The van der Waals surface area contributed by atoms with Gasteiger partial charge in [0.05, 0.1) is 6.42 Å². The van der Waals surface area contributed by atoms with Gasteiger partial charge in [0, 0.05) is 6.54 Å². The Bertz CT molecular complexity index is 307. The molecule has 3 heteroatoms. The quantitative estimate of drug-likeness (QED) is 0.545. The number of carbonyl (C=O) groups is 1. The molecule has 0 aromatic heterocycles. The SMILES string of the molecule is CCN(CC)CCC(=O)Oc1ccccc1. The van der Waals surface area contributed by atoms with Crippen molar-refractivity contribution in [3.05, 3.63) is 30.3 Å². The summed E-state index contributed by atoms with van der Waals surface area (Å²) in [6.07, 6.45) is 0.441. The molecule has 0 spiro atoms. The van der Waals surface area contributed by atoms with Gasteiger partial charge in [-0.3, -0.25) is 4.79 Å². The predicted molar refractivity (Wildman–Crippen MR) is 64.5 cm³/mol. The Morgan fingerprint density at radius 1 is 1.19 bits per heavy atom. The van der Waals surface area contributed by atoms with Gasteiger partial charge in [-0.15, -0.1) is 0 Å². The van der Waals surface area contributed by atoms with Crippen LogP contribution in [0.25, 0.3) is 0 Å². The van der Waals surface area contributed by atoms with E-state index in [2.05, 4.69) is 18.7 Å². The van der Waals surface area contributed by atoms with E-state index in [1.165, 1.54) is 0 Å². The van der Waals surface area contributed by atoms with E-state index in [0.717, 1.165) is 19.6 Å². The molecule has 0 bridgehead atoms. The molecule has 0 radical (unpaired) electrons. The van der Waals surface area contributed by atoms with E-state index in [1.54, 1.807) is 12.1 Å². The first kappa shape index (κ1) is 12.7. The fourth-order valence-electron chi connectivity index (χ4n) is 1.46. The van der Waals surface area contributed by atoms with Crippen LogP contribution in [0.5, 0.6) is 5.75 Å². The predicted octanol–water partition coefficient (Wildman–Crippen LogP) is 2.32. The molecule has 0 N–H and O–H groups in total. The minimum atomic E-state index is -0.168. The number of para-hydroxylation sites is 1. The van der Waals surface area contributed by atoms with Crippen molar-refractivity contribution in [3.63, 3.8) is 0 Å². The molecule has 1 aromatic carbocycles. The van der Waals surface area contributed by atoms with Crippen LogP contribution in [0.3, 0.4) is 0 Å². The van der Waals surface area contributed by atoms with Crippen molar-refractivity contribution in [3.8, 4) is 5.75 Å². The summed E-state index contributed by atoms with van der Waals surface area (Å²) in [4.78, 5) is 13.7. The van der Waals surface area contributed by atoms with Gasteiger partial charge in [-0.2, -0.15) is 0 Å². The van der Waals surface area contributed by atoms with Crippen LogP contribution in [0, 0.1) is 0 Å². The van der Waals surface area contributed by atoms with Crippen molar-refractivity contribution in [2.45, 2.75) is 20.3 Å². The second-order valence-electron chi connectivity index (χ2n) is 3.56. The maximum Gasteiger partial charge on any atom is 0.312 e. The highest BCUT2D eigenvalue weighted by molar-refractivity contribution is 5.72. The summed E-state index contributed by atoms with van der Waals surface area (Å²) in [7, 11) is 0. The molecule has 0 saturated heterocycles. The maximum absolute atomic E-state index is 11.5. The summed E-state index contributed by atoms with van der Waals surface area (Å²) in [5, 5.41) is 0. The fourth-order valence-corrected chi connectivity index (χ4v) is 1.46. The third-order valence-corrected chi connectivity index (χ3v) is 2.50. The average molecular weight is 221 g/mol. The van der Waals surface area contributed by atoms with Gasteiger partial charge < -0.3 is 9.64 Å². The van der Waals surface area contributed by atoms with Crippen LogP contribution in [-0.2, 0) is 4.79 Å². The lowest BCUT2D eigenvalue weighted by molar-refractivity contribution is -0.134. The molecule has 1 rings (SSSR count). The van der Waals surface area contributed by atoms with Gasteiger partial charge in [0.1, 0.15) is 5.75 Å². The lowest BCUT2D eigenvalue weighted by Gasteiger charge is -2.16. The second-order valence-corrected chi connectivity index (χ2v) is 3.56. The lowest BCUT2D eigenvalue weighted by Crippen LogP contribution is -2.26. The summed E-state index contributed by atoms with van der Waals surface area (Å²) in [5.74, 6) is 0.449. The van der Waals surface area contributed by atoms with E-state index in [0.29, 0.717) is 12.2 Å². The maximum atomic E-state index is 11.5. The smallest absolute Gasteiger partial charge is 0.312 e. The Morgan fingerprint density at radius 2 is 1.81 bits per heavy atom. The van der Waals surface area contributed by atoms with Crippen LogP contribution in [0.1, 0.15) is 20.3 Å². The Kier molecular flexibility index (Phi) is 5.57. The molecule has 0 amide bonds. The number of nitrogens with zero attached hydrogens (tertiary/aromatic N) is 1. The van der Waals surface area contributed by atoms with Crippen molar-refractivity contribution in [2.24, 2.45) is 0 Å². The highest BCUT2D eigenvalue weighted by Gasteiger charge is 2.06. The molecule has 0 aliphatic rings. The van der Waals surface area contributed by atoms with Gasteiger partial charge in [-0.05, 0) is 25.2 Å². The van der Waals surface area contributed by atoms with Crippen LogP contribution in [0.4, 0.5) is 0 Å². The highest BCUT2D eigenvalue weighted by Crippen LogP contribution is 2.09. The molecule has 0 saturated carbocycles. The monoisotopic (exact) mass is 221 g/mol. The normalized spacial score (nSPS) is 10.4. The Labute approximate surface area is 97.0 Å². The van der Waals surface area contributed by atoms with E-state index >= 15 is 0 Å². The number of carbonyl (C=O) groups excluding carboxylic acids is 1. The second kappa shape index (κ2) is 7.01. The molecule has 16 heavy (non-hydrogen) atoms. The zero-order valence-electron chi connectivity index (χ0n) is 9.98. The molecule has 0 aliphatic heterocycles. The zero-order valence-corrected chi connectivity index (χ0v) is 9.98. The third-order valence-electron chi connectivity index (χ3n) is 2.50. The van der Waals surface area contributed by atoms with Crippen molar-refractivity contribution in [1.29, 1.82) is 0 Å². The topological polar surface area (TPSA) is 29.5 Å². The number of esters is 1. The largest absolute Gasteiger partial charge is 0.426 e. The van der Waals surface area contributed by atoms with Gasteiger partial charge in [0.25, 0.3) is 0 Å². The van der Waals surface area contributed by atoms with E-state index in [1.807, 2.05) is 18.2 Å². The van der Waals surface area contributed by atoms with Crippen LogP contribution < -0.4 is 4.74 Å². The van der Waals surface area contributed by atoms with Gasteiger partial charge in [0.2, 0.25) is 0 Å². The molecule has 3 nitrogen and oxygen atoms in total. The minimum Gasteiger partial charge on any atom is -0.426 e. The van der Waals surface area contributed by atoms with Crippen molar-refractivity contribution >= 4 is 5.97 Å². The van der Waals surface area contributed by atoms with Gasteiger partial charge >= 0.3 is 5.97 Å². The molecule has 0 heterocycles. The number of benzene rings is 1. The summed E-state index contributed by atoms with van der Waals surface area (Å²) in [5.41, 5.74) is 0. The Hall–Kier alpha value is -1.35. The molecule has 88 valence electrons. The fraction of sp³-hybridized carbons (Fsp3) is 0.462. The summed E-state index contributed by atoms with van der Waals surface area (Å²) >= 11 is 0. The van der Waals surface area contributed by atoms with Gasteiger partial charge in [-0.1, -0.05) is 32.0 Å².